The second-order valence-electron chi connectivity index (χ2n) is 10.5. The van der Waals surface area contributed by atoms with E-state index >= 15 is 0 Å². The van der Waals surface area contributed by atoms with Crippen LogP contribution in [0.15, 0.2) is 144 Å². The highest BCUT2D eigenvalue weighted by atomic mass is 32.2. The van der Waals surface area contributed by atoms with Gasteiger partial charge in [0, 0.05) is 28.3 Å². The number of amides is 4. The minimum atomic E-state index is -0.754. The molecule has 0 aliphatic carbocycles. The lowest BCUT2D eigenvalue weighted by atomic mass is 10.1. The first-order chi connectivity index (χ1) is 23.7. The van der Waals surface area contributed by atoms with Crippen molar-refractivity contribution in [3.05, 3.63) is 172 Å². The maximum Gasteiger partial charge on any atom is 0.272 e. The number of carbonyl (C=O) groups excluding carboxylic acids is 4. The van der Waals surface area contributed by atoms with Crippen molar-refractivity contribution in [3.8, 4) is 0 Å². The number of nitrogens with zero attached hydrogens (tertiary/aromatic N) is 1. The first-order valence-corrected chi connectivity index (χ1v) is 15.7. The van der Waals surface area contributed by atoms with E-state index in [2.05, 4.69) is 16.0 Å². The maximum atomic E-state index is 13.7. The number of nitro groups is 1. The molecule has 0 aliphatic rings. The molecule has 5 aromatic carbocycles. The molecular formula is C37H29N5O6S. The van der Waals surface area contributed by atoms with E-state index in [-0.39, 0.29) is 22.6 Å². The predicted molar refractivity (Wildman–Crippen MR) is 189 cm³/mol. The summed E-state index contributed by atoms with van der Waals surface area (Å²) in [6.07, 6.45) is 1.41. The molecule has 0 spiro atoms. The number of para-hydroxylation sites is 1. The van der Waals surface area contributed by atoms with Crippen LogP contribution in [0.5, 0.6) is 0 Å². The van der Waals surface area contributed by atoms with E-state index in [0.717, 1.165) is 0 Å². The molecule has 0 bridgehead atoms. The van der Waals surface area contributed by atoms with Gasteiger partial charge < -0.3 is 21.7 Å². The van der Waals surface area contributed by atoms with Crippen molar-refractivity contribution in [2.45, 2.75) is 10.1 Å². The lowest BCUT2D eigenvalue weighted by Crippen LogP contribution is -2.30. The molecule has 5 aromatic rings. The molecule has 0 heterocycles. The first kappa shape index (κ1) is 33.8. The first-order valence-electron chi connectivity index (χ1n) is 14.8. The Hall–Kier alpha value is -6.53. The summed E-state index contributed by atoms with van der Waals surface area (Å²) < 4.78 is 0. The van der Waals surface area contributed by atoms with Gasteiger partial charge in [-0.3, -0.25) is 29.3 Å². The van der Waals surface area contributed by atoms with Gasteiger partial charge in [-0.05, 0) is 71.8 Å². The number of anilines is 2. The van der Waals surface area contributed by atoms with E-state index in [1.165, 1.54) is 48.2 Å². The Labute approximate surface area is 285 Å². The number of nitrogens with two attached hydrogens (primary N) is 1. The van der Waals surface area contributed by atoms with Crippen LogP contribution in [0.4, 0.5) is 17.1 Å². The number of carbonyl (C=O) groups is 4. The molecule has 12 heteroatoms. The third-order valence-electron chi connectivity index (χ3n) is 7.08. The highest BCUT2D eigenvalue weighted by Gasteiger charge is 2.24. The van der Waals surface area contributed by atoms with Crippen LogP contribution in [0.2, 0.25) is 0 Å². The number of nitro benzene ring substituents is 1. The van der Waals surface area contributed by atoms with Crippen LogP contribution >= 0.6 is 11.8 Å². The van der Waals surface area contributed by atoms with Gasteiger partial charge in [0.05, 0.1) is 16.2 Å². The number of rotatable bonds is 12. The highest BCUT2D eigenvalue weighted by molar-refractivity contribution is 8.00. The van der Waals surface area contributed by atoms with Gasteiger partial charge in [0.25, 0.3) is 23.4 Å². The molecule has 11 nitrogen and oxygen atoms in total. The number of primary amides is 1. The lowest BCUT2D eigenvalue weighted by molar-refractivity contribution is -0.384. The van der Waals surface area contributed by atoms with Gasteiger partial charge in [0.1, 0.15) is 10.9 Å². The summed E-state index contributed by atoms with van der Waals surface area (Å²) in [5.41, 5.74) is 7.61. The van der Waals surface area contributed by atoms with Crippen LogP contribution in [-0.4, -0.2) is 28.6 Å². The largest absolute Gasteiger partial charge is 0.366 e. The van der Waals surface area contributed by atoms with E-state index in [1.54, 1.807) is 72.8 Å². The van der Waals surface area contributed by atoms with Crippen molar-refractivity contribution >= 4 is 58.5 Å². The third-order valence-corrected chi connectivity index (χ3v) is 8.33. The number of hydrogen-bond acceptors (Lipinski definition) is 7. The summed E-state index contributed by atoms with van der Waals surface area (Å²) >= 11 is 1.23. The van der Waals surface area contributed by atoms with Crippen molar-refractivity contribution in [2.24, 2.45) is 5.73 Å². The van der Waals surface area contributed by atoms with Gasteiger partial charge in [0.2, 0.25) is 5.91 Å². The molecule has 1 atom stereocenters. The fraction of sp³-hybridized carbons (Fsp3) is 0.0270. The average Bonchev–Trinajstić information content (AvgIpc) is 3.11. The van der Waals surface area contributed by atoms with Crippen LogP contribution in [-0.2, 0) is 9.59 Å². The maximum absolute atomic E-state index is 13.7. The van der Waals surface area contributed by atoms with Crippen molar-refractivity contribution in [3.63, 3.8) is 0 Å². The van der Waals surface area contributed by atoms with Crippen LogP contribution < -0.4 is 21.7 Å². The minimum Gasteiger partial charge on any atom is -0.366 e. The molecule has 49 heavy (non-hydrogen) atoms. The zero-order valence-electron chi connectivity index (χ0n) is 25.7. The zero-order chi connectivity index (χ0) is 34.8. The second-order valence-corrected chi connectivity index (χ2v) is 11.7. The molecule has 0 fully saturated rings. The summed E-state index contributed by atoms with van der Waals surface area (Å²) in [6, 6.07) is 36.3. The topological polar surface area (TPSA) is 174 Å². The molecule has 4 amide bonds. The molecule has 0 saturated carbocycles. The van der Waals surface area contributed by atoms with Gasteiger partial charge in [-0.1, -0.05) is 66.7 Å². The molecule has 0 aliphatic heterocycles. The Kier molecular flexibility index (Phi) is 10.9. The van der Waals surface area contributed by atoms with Gasteiger partial charge in [-0.15, -0.1) is 11.8 Å². The van der Waals surface area contributed by atoms with Gasteiger partial charge in [-0.2, -0.15) is 0 Å². The van der Waals surface area contributed by atoms with Crippen LogP contribution in [0.1, 0.15) is 37.1 Å². The smallest absolute Gasteiger partial charge is 0.272 e. The summed E-state index contributed by atoms with van der Waals surface area (Å²) in [5.74, 6) is -2.24. The summed E-state index contributed by atoms with van der Waals surface area (Å²) in [6.45, 7) is 0. The quantitative estimate of drug-likeness (QED) is 0.0502. The van der Waals surface area contributed by atoms with Crippen molar-refractivity contribution in [1.29, 1.82) is 0 Å². The number of hydrogen-bond donors (Lipinski definition) is 4. The number of nitrogens with one attached hydrogen (secondary N) is 3. The Morgan fingerprint density at radius 2 is 1.41 bits per heavy atom. The second kappa shape index (κ2) is 15.8. The zero-order valence-corrected chi connectivity index (χ0v) is 26.6. The molecule has 5 N–H and O–H groups in total. The SMILES string of the molecule is NC(=O)c1ccccc1NC(=O)C(Sc1cccc(NC(=O)/C(=C\c2ccc([N+](=O)[O-])cc2)NC(=O)c2ccccc2)c1)c1ccccc1. The summed E-state index contributed by atoms with van der Waals surface area (Å²) in [5, 5.41) is 18.6. The number of benzene rings is 5. The minimum absolute atomic E-state index is 0.101. The van der Waals surface area contributed by atoms with Crippen molar-refractivity contribution in [1.82, 2.24) is 5.32 Å². The van der Waals surface area contributed by atoms with Crippen LogP contribution in [0, 0.1) is 10.1 Å². The normalized spacial score (nSPS) is 11.6. The van der Waals surface area contributed by atoms with E-state index in [9.17, 15) is 29.3 Å². The molecule has 0 aromatic heterocycles. The predicted octanol–water partition coefficient (Wildman–Crippen LogP) is 6.58. The molecule has 0 saturated heterocycles. The Morgan fingerprint density at radius 1 is 0.755 bits per heavy atom. The monoisotopic (exact) mass is 671 g/mol. The van der Waals surface area contributed by atoms with E-state index < -0.39 is 33.8 Å². The fourth-order valence-corrected chi connectivity index (χ4v) is 5.77. The molecule has 1 unspecified atom stereocenters. The van der Waals surface area contributed by atoms with E-state index in [4.69, 9.17) is 5.73 Å². The van der Waals surface area contributed by atoms with Crippen molar-refractivity contribution < 1.29 is 24.1 Å². The van der Waals surface area contributed by atoms with Crippen LogP contribution in [0.25, 0.3) is 6.08 Å². The molecule has 0 radical (unpaired) electrons. The van der Waals surface area contributed by atoms with Gasteiger partial charge >= 0.3 is 0 Å². The molecular weight excluding hydrogens is 643 g/mol. The van der Waals surface area contributed by atoms with Crippen molar-refractivity contribution in [2.75, 3.05) is 10.6 Å². The number of thioether (sulfide) groups is 1. The Morgan fingerprint density at radius 3 is 2.08 bits per heavy atom. The van der Waals surface area contributed by atoms with Crippen LogP contribution in [0.3, 0.4) is 0 Å². The van der Waals surface area contributed by atoms with E-state index in [0.29, 0.717) is 27.3 Å². The lowest BCUT2D eigenvalue weighted by Gasteiger charge is -2.18. The van der Waals surface area contributed by atoms with Gasteiger partial charge in [-0.25, -0.2) is 0 Å². The average molecular weight is 672 g/mol. The Balaban J connectivity index is 1.39. The van der Waals surface area contributed by atoms with E-state index in [1.807, 2.05) is 30.3 Å². The highest BCUT2D eigenvalue weighted by Crippen LogP contribution is 2.37. The summed E-state index contributed by atoms with van der Waals surface area (Å²) in [7, 11) is 0. The Bertz CT molecular complexity index is 2040. The standard InChI is InChI=1S/C37H29N5O6S/c38-34(43)30-16-7-8-17-31(30)40-37(46)33(25-10-3-1-4-11-25)49-29-15-9-14-27(23-29)39-36(45)32(41-35(44)26-12-5-2-6-13-26)22-24-18-20-28(21-19-24)42(47)48/h1-23,33H,(H2,38,43)(H,39,45)(H,40,46)(H,41,44)/b32-22+. The van der Waals surface area contributed by atoms with Gasteiger partial charge in [0.15, 0.2) is 0 Å². The third kappa shape index (κ3) is 9.05. The fourth-order valence-electron chi connectivity index (χ4n) is 4.69. The summed E-state index contributed by atoms with van der Waals surface area (Å²) in [4.78, 5) is 63.5. The molecule has 5 rings (SSSR count). The number of non-ortho nitro benzene ring substituents is 1. The molecule has 244 valence electrons.